The Bertz CT molecular complexity index is 1430. The highest BCUT2D eigenvalue weighted by molar-refractivity contribution is 5.85. The fourth-order valence-corrected chi connectivity index (χ4v) is 5.02. The molecular formula is C26H25F3N6O2. The monoisotopic (exact) mass is 510 g/mol. The van der Waals surface area contributed by atoms with Gasteiger partial charge in [0, 0.05) is 60.2 Å². The number of aryl methyl sites for hydroxylation is 1. The third-order valence-corrected chi connectivity index (χ3v) is 6.64. The highest BCUT2D eigenvalue weighted by atomic mass is 19.4. The Labute approximate surface area is 210 Å². The molecule has 2 saturated heterocycles. The second-order valence-corrected chi connectivity index (χ2v) is 9.46. The van der Waals surface area contributed by atoms with Crippen molar-refractivity contribution in [1.29, 1.82) is 0 Å². The average molecular weight is 511 g/mol. The lowest BCUT2D eigenvalue weighted by molar-refractivity contribution is -0.137. The van der Waals surface area contributed by atoms with Crippen LogP contribution in [0.5, 0.6) is 5.75 Å². The molecule has 6 heterocycles. The Balaban J connectivity index is 1.32. The van der Waals surface area contributed by atoms with Crippen LogP contribution in [0, 0.1) is 6.92 Å². The summed E-state index contributed by atoms with van der Waals surface area (Å²) in [5, 5.41) is 11.0. The maximum absolute atomic E-state index is 13.1. The van der Waals surface area contributed by atoms with E-state index < -0.39 is 11.7 Å². The van der Waals surface area contributed by atoms with Gasteiger partial charge in [0.2, 0.25) is 0 Å². The number of pyridine rings is 3. The summed E-state index contributed by atoms with van der Waals surface area (Å²) in [5.74, 6) is 1.11. The summed E-state index contributed by atoms with van der Waals surface area (Å²) >= 11 is 0. The molecule has 37 heavy (non-hydrogen) atoms. The van der Waals surface area contributed by atoms with E-state index in [0.717, 1.165) is 53.5 Å². The van der Waals surface area contributed by atoms with Crippen molar-refractivity contribution < 1.29 is 22.6 Å². The molecule has 0 aliphatic carbocycles. The van der Waals surface area contributed by atoms with Crippen molar-refractivity contribution in [3.63, 3.8) is 0 Å². The lowest BCUT2D eigenvalue weighted by Crippen LogP contribution is -2.56. The molecule has 2 N–H and O–H groups in total. The van der Waals surface area contributed by atoms with E-state index in [0.29, 0.717) is 24.8 Å². The van der Waals surface area contributed by atoms with Gasteiger partial charge in [-0.25, -0.2) is 9.50 Å². The van der Waals surface area contributed by atoms with Crippen molar-refractivity contribution in [2.75, 3.05) is 18.5 Å². The second-order valence-electron chi connectivity index (χ2n) is 9.46. The maximum atomic E-state index is 13.1. The molecule has 0 radical (unpaired) electrons. The largest absolute Gasteiger partial charge is 0.488 e. The Morgan fingerprint density at radius 2 is 1.86 bits per heavy atom. The minimum atomic E-state index is -4.46. The van der Waals surface area contributed by atoms with Gasteiger partial charge in [0.25, 0.3) is 0 Å². The number of hydrogen-bond acceptors (Lipinski definition) is 7. The predicted octanol–water partition coefficient (Wildman–Crippen LogP) is 4.76. The highest BCUT2D eigenvalue weighted by Crippen LogP contribution is 2.36. The summed E-state index contributed by atoms with van der Waals surface area (Å²) in [6, 6.07) is 10.0. The fourth-order valence-electron chi connectivity index (χ4n) is 5.02. The minimum Gasteiger partial charge on any atom is -0.488 e. The van der Waals surface area contributed by atoms with E-state index in [-0.39, 0.29) is 24.0 Å². The summed E-state index contributed by atoms with van der Waals surface area (Å²) in [5.41, 5.74) is 2.57. The molecule has 0 aromatic carbocycles. The molecule has 6 rings (SSSR count). The van der Waals surface area contributed by atoms with Crippen LogP contribution < -0.4 is 15.4 Å². The van der Waals surface area contributed by atoms with Gasteiger partial charge in [-0.15, -0.1) is 0 Å². The molecule has 2 unspecified atom stereocenters. The van der Waals surface area contributed by atoms with Crippen molar-refractivity contribution >= 4 is 17.2 Å². The first-order valence-corrected chi connectivity index (χ1v) is 12.1. The number of aromatic nitrogens is 4. The maximum Gasteiger partial charge on any atom is 0.416 e. The van der Waals surface area contributed by atoms with Crippen LogP contribution in [0.25, 0.3) is 16.6 Å². The zero-order valence-electron chi connectivity index (χ0n) is 20.0. The van der Waals surface area contributed by atoms with Gasteiger partial charge in [0.1, 0.15) is 17.7 Å². The Morgan fingerprint density at radius 1 is 1.05 bits per heavy atom. The van der Waals surface area contributed by atoms with Crippen LogP contribution in [0.1, 0.15) is 24.1 Å². The number of hydrogen-bond donors (Lipinski definition) is 2. The molecule has 192 valence electrons. The number of halogens is 3. The first-order valence-electron chi connectivity index (χ1n) is 12.1. The normalized spacial score (nSPS) is 21.7. The molecule has 4 aromatic heterocycles. The number of ether oxygens (including phenoxy) is 2. The lowest BCUT2D eigenvalue weighted by atomic mass is 9.94. The van der Waals surface area contributed by atoms with Crippen LogP contribution >= 0.6 is 0 Å². The van der Waals surface area contributed by atoms with E-state index in [4.69, 9.17) is 9.47 Å². The summed E-state index contributed by atoms with van der Waals surface area (Å²) in [7, 11) is 0. The zero-order valence-corrected chi connectivity index (χ0v) is 20.0. The molecule has 0 saturated carbocycles. The average Bonchev–Trinajstić information content (AvgIpc) is 3.27. The van der Waals surface area contributed by atoms with Crippen molar-refractivity contribution in [2.45, 2.75) is 44.1 Å². The van der Waals surface area contributed by atoms with E-state index in [2.05, 4.69) is 25.7 Å². The lowest BCUT2D eigenvalue weighted by Gasteiger charge is -2.40. The number of fused-ring (bicyclic) bond motifs is 3. The number of rotatable bonds is 5. The van der Waals surface area contributed by atoms with Crippen LogP contribution in [0.3, 0.4) is 0 Å². The summed E-state index contributed by atoms with van der Waals surface area (Å²) in [6.07, 6.45) is 1.93. The summed E-state index contributed by atoms with van der Waals surface area (Å²) < 4.78 is 53.2. The van der Waals surface area contributed by atoms with Crippen molar-refractivity contribution in [3.05, 3.63) is 66.2 Å². The van der Waals surface area contributed by atoms with Gasteiger partial charge in [-0.1, -0.05) is 6.07 Å². The van der Waals surface area contributed by atoms with Crippen LogP contribution in [-0.2, 0) is 10.9 Å². The zero-order chi connectivity index (χ0) is 25.6. The molecule has 2 atom stereocenters. The van der Waals surface area contributed by atoms with Gasteiger partial charge in [-0.2, -0.15) is 18.3 Å². The topological polar surface area (TPSA) is 85.6 Å². The molecule has 0 spiro atoms. The Hall–Kier alpha value is -3.70. The number of morpholine rings is 1. The number of alkyl halides is 3. The summed E-state index contributed by atoms with van der Waals surface area (Å²) in [6.45, 7) is 3.28. The Kier molecular flexibility index (Phi) is 5.96. The molecule has 2 fully saturated rings. The van der Waals surface area contributed by atoms with Crippen LogP contribution in [0.15, 0.2) is 55.0 Å². The molecule has 2 aliphatic rings. The van der Waals surface area contributed by atoms with Gasteiger partial charge in [-0.05, 0) is 31.2 Å². The van der Waals surface area contributed by atoms with E-state index in [1.54, 1.807) is 23.0 Å². The molecule has 0 amide bonds. The number of nitrogens with zero attached hydrogens (tertiary/aromatic N) is 4. The molecule has 8 nitrogen and oxygen atoms in total. The molecule has 11 heteroatoms. The van der Waals surface area contributed by atoms with Crippen molar-refractivity contribution in [1.82, 2.24) is 24.9 Å². The number of nitrogens with one attached hydrogen (secondary N) is 2. The number of piperidine rings is 1. The highest BCUT2D eigenvalue weighted by Gasteiger charge is 2.33. The fraction of sp³-hybridized carbons (Fsp3) is 0.346. The van der Waals surface area contributed by atoms with Gasteiger partial charge in [0.05, 0.1) is 30.5 Å². The quantitative estimate of drug-likeness (QED) is 0.400. The molecular weight excluding hydrogens is 485 g/mol. The van der Waals surface area contributed by atoms with Crippen molar-refractivity contribution in [3.8, 4) is 16.9 Å². The Morgan fingerprint density at radius 3 is 2.65 bits per heavy atom. The van der Waals surface area contributed by atoms with Gasteiger partial charge in [0.15, 0.2) is 5.82 Å². The summed E-state index contributed by atoms with van der Waals surface area (Å²) in [4.78, 5) is 8.48. The molecule has 4 aromatic rings. The van der Waals surface area contributed by atoms with Gasteiger partial charge >= 0.3 is 6.18 Å². The standard InChI is InChI=1S/C26H25F3N6O2/c1-15-7-21(23(12-31-15)37-19-9-17-13-36-14-18(10-19)32-17)20-3-2-6-35-22(20)11-25(34-35)33-24-8-16(4-5-30-24)26(27,28)29/h2-8,11-12,17-19,32H,9-10,13-14H2,1H3,(H,30,33,34). The third kappa shape index (κ3) is 4.96. The van der Waals surface area contributed by atoms with Gasteiger partial charge < -0.3 is 20.1 Å². The first-order chi connectivity index (χ1) is 17.8. The van der Waals surface area contributed by atoms with E-state index in [1.165, 1.54) is 0 Å². The first kappa shape index (κ1) is 23.7. The molecule has 2 aliphatic heterocycles. The SMILES string of the molecule is Cc1cc(-c2cccn3nc(Nc4cc(C(F)(F)F)ccn4)cc23)c(OC2CC3COCC(C2)N3)cn1. The third-order valence-electron chi connectivity index (χ3n) is 6.64. The number of anilines is 2. The van der Waals surface area contributed by atoms with Gasteiger partial charge in [-0.3, -0.25) is 4.98 Å². The van der Waals surface area contributed by atoms with E-state index in [1.807, 2.05) is 25.1 Å². The van der Waals surface area contributed by atoms with E-state index >= 15 is 0 Å². The smallest absolute Gasteiger partial charge is 0.416 e. The molecule has 2 bridgehead atoms. The second kappa shape index (κ2) is 9.31. The van der Waals surface area contributed by atoms with Crippen LogP contribution in [-0.4, -0.2) is 51.0 Å². The van der Waals surface area contributed by atoms with Crippen LogP contribution in [0.2, 0.25) is 0 Å². The van der Waals surface area contributed by atoms with Crippen molar-refractivity contribution in [2.24, 2.45) is 0 Å². The van der Waals surface area contributed by atoms with E-state index in [9.17, 15) is 13.2 Å². The predicted molar refractivity (Wildman–Crippen MR) is 131 cm³/mol. The van der Waals surface area contributed by atoms with Crippen LogP contribution in [0.4, 0.5) is 24.8 Å². The minimum absolute atomic E-state index is 0.0391.